The standard InChI is InChI=1S/C29H39N3O4S/c1-29(2,3)36-28(35)31-24(18-19-37-4)27(34)32(23-16-11-17-23)25(22-14-9-6-10-15-22)26(33)30-20-21-12-7-5-8-13-21/h5-10,12-15,23-25H,11,16-20H2,1-4H3,(H,30,33)(H,31,35). The molecular formula is C29H39N3O4S. The van der Waals surface area contributed by atoms with Crippen molar-refractivity contribution in [3.8, 4) is 0 Å². The minimum absolute atomic E-state index is 0.0719. The van der Waals surface area contributed by atoms with E-state index < -0.39 is 23.8 Å². The van der Waals surface area contributed by atoms with Crippen LogP contribution in [0.1, 0.15) is 63.6 Å². The van der Waals surface area contributed by atoms with Crippen LogP contribution in [0.3, 0.4) is 0 Å². The fourth-order valence-corrected chi connectivity index (χ4v) is 4.73. The van der Waals surface area contributed by atoms with Gasteiger partial charge in [-0.2, -0.15) is 11.8 Å². The smallest absolute Gasteiger partial charge is 0.408 e. The normalized spacial score (nSPS) is 15.1. The third kappa shape index (κ3) is 8.52. The van der Waals surface area contributed by atoms with Gasteiger partial charge in [0.15, 0.2) is 0 Å². The number of carbonyl (C=O) groups is 3. The van der Waals surface area contributed by atoms with Crippen LogP contribution in [-0.2, 0) is 20.9 Å². The van der Waals surface area contributed by atoms with Crippen LogP contribution in [0.2, 0.25) is 0 Å². The van der Waals surface area contributed by atoms with Crippen molar-refractivity contribution >= 4 is 29.7 Å². The van der Waals surface area contributed by atoms with E-state index >= 15 is 0 Å². The number of hydrogen-bond acceptors (Lipinski definition) is 5. The summed E-state index contributed by atoms with van der Waals surface area (Å²) in [5.41, 5.74) is 1.04. The Morgan fingerprint density at radius 3 is 2.19 bits per heavy atom. The van der Waals surface area contributed by atoms with Gasteiger partial charge in [0.1, 0.15) is 17.7 Å². The molecule has 8 heteroatoms. The minimum Gasteiger partial charge on any atom is -0.444 e. The molecule has 0 aromatic heterocycles. The maximum Gasteiger partial charge on any atom is 0.408 e. The fraction of sp³-hybridized carbons (Fsp3) is 0.483. The molecule has 1 fully saturated rings. The molecule has 0 spiro atoms. The summed E-state index contributed by atoms with van der Waals surface area (Å²) in [5, 5.41) is 5.84. The second-order valence-electron chi connectivity index (χ2n) is 10.3. The summed E-state index contributed by atoms with van der Waals surface area (Å²) >= 11 is 1.60. The highest BCUT2D eigenvalue weighted by atomic mass is 32.2. The Hall–Kier alpha value is -3.00. The number of thioether (sulfide) groups is 1. The van der Waals surface area contributed by atoms with Crippen LogP contribution < -0.4 is 10.6 Å². The molecule has 3 amide bonds. The van der Waals surface area contributed by atoms with Crippen molar-refractivity contribution in [2.75, 3.05) is 12.0 Å². The van der Waals surface area contributed by atoms with Crippen molar-refractivity contribution in [2.24, 2.45) is 0 Å². The summed E-state index contributed by atoms with van der Waals surface area (Å²) in [4.78, 5) is 42.2. The molecule has 1 saturated carbocycles. The first-order valence-electron chi connectivity index (χ1n) is 12.9. The number of nitrogens with one attached hydrogen (secondary N) is 2. The molecule has 7 nitrogen and oxygen atoms in total. The molecule has 1 aliphatic rings. The SMILES string of the molecule is CSCCC(NC(=O)OC(C)(C)C)C(=O)N(C1CCC1)C(C(=O)NCc1ccccc1)c1ccccc1. The van der Waals surface area contributed by atoms with Gasteiger partial charge < -0.3 is 20.3 Å². The number of amides is 3. The largest absolute Gasteiger partial charge is 0.444 e. The average Bonchev–Trinajstić information content (AvgIpc) is 2.83. The lowest BCUT2D eigenvalue weighted by Crippen LogP contribution is -2.57. The van der Waals surface area contributed by atoms with Crippen LogP contribution in [0.15, 0.2) is 60.7 Å². The highest BCUT2D eigenvalue weighted by Gasteiger charge is 2.41. The molecule has 0 heterocycles. The maximum atomic E-state index is 14.1. The number of nitrogens with zero attached hydrogens (tertiary/aromatic N) is 1. The minimum atomic E-state index is -0.806. The number of carbonyl (C=O) groups excluding carboxylic acids is 3. The molecule has 37 heavy (non-hydrogen) atoms. The van der Waals surface area contributed by atoms with Crippen molar-refractivity contribution in [1.29, 1.82) is 0 Å². The number of rotatable bonds is 11. The van der Waals surface area contributed by atoms with Gasteiger partial charge in [-0.1, -0.05) is 60.7 Å². The Bertz CT molecular complexity index is 1020. The first kappa shape index (κ1) is 28.6. The lowest BCUT2D eigenvalue weighted by Gasteiger charge is -2.43. The zero-order chi connectivity index (χ0) is 26.8. The molecule has 2 atom stereocenters. The quantitative estimate of drug-likeness (QED) is 0.428. The van der Waals surface area contributed by atoms with Gasteiger partial charge >= 0.3 is 6.09 Å². The van der Waals surface area contributed by atoms with Gasteiger partial charge in [0.05, 0.1) is 0 Å². The van der Waals surface area contributed by atoms with Gasteiger partial charge in [-0.15, -0.1) is 0 Å². The average molecular weight is 526 g/mol. The van der Waals surface area contributed by atoms with Crippen molar-refractivity contribution in [3.05, 3.63) is 71.8 Å². The van der Waals surface area contributed by atoms with Gasteiger partial charge in [-0.25, -0.2) is 4.79 Å². The molecule has 0 aliphatic heterocycles. The van der Waals surface area contributed by atoms with E-state index in [1.807, 2.05) is 66.9 Å². The molecule has 2 aromatic rings. The van der Waals surface area contributed by atoms with E-state index in [1.54, 1.807) is 37.4 Å². The van der Waals surface area contributed by atoms with Crippen LogP contribution >= 0.6 is 11.8 Å². The van der Waals surface area contributed by atoms with E-state index in [-0.39, 0.29) is 17.9 Å². The fourth-order valence-electron chi connectivity index (χ4n) is 4.26. The van der Waals surface area contributed by atoms with Gasteiger partial charge in [-0.05, 0) is 69.6 Å². The second-order valence-corrected chi connectivity index (χ2v) is 11.3. The Labute approximate surface area is 224 Å². The van der Waals surface area contributed by atoms with E-state index in [0.29, 0.717) is 18.7 Å². The monoisotopic (exact) mass is 525 g/mol. The van der Waals surface area contributed by atoms with Crippen molar-refractivity contribution in [2.45, 2.75) is 76.7 Å². The lowest BCUT2D eigenvalue weighted by atomic mass is 9.88. The van der Waals surface area contributed by atoms with Crippen LogP contribution in [0.5, 0.6) is 0 Å². The molecule has 200 valence electrons. The molecule has 0 saturated heterocycles. The summed E-state index contributed by atoms with van der Waals surface area (Å²) in [7, 11) is 0. The van der Waals surface area contributed by atoms with Crippen molar-refractivity contribution in [1.82, 2.24) is 15.5 Å². The summed E-state index contributed by atoms with van der Waals surface area (Å²) in [6.07, 6.45) is 4.41. The second kappa shape index (κ2) is 13.5. The van der Waals surface area contributed by atoms with E-state index in [1.165, 1.54) is 0 Å². The molecule has 2 unspecified atom stereocenters. The Morgan fingerprint density at radius 2 is 1.65 bits per heavy atom. The predicted molar refractivity (Wildman–Crippen MR) is 148 cm³/mol. The molecule has 2 aromatic carbocycles. The highest BCUT2D eigenvalue weighted by Crippen LogP contribution is 2.34. The van der Waals surface area contributed by atoms with Gasteiger partial charge in [0, 0.05) is 12.6 Å². The first-order chi connectivity index (χ1) is 17.7. The lowest BCUT2D eigenvalue weighted by molar-refractivity contribution is -0.147. The number of hydrogen-bond donors (Lipinski definition) is 2. The summed E-state index contributed by atoms with van der Waals surface area (Å²) in [6, 6.07) is 17.4. The van der Waals surface area contributed by atoms with Crippen LogP contribution in [-0.4, -0.2) is 52.5 Å². The zero-order valence-electron chi connectivity index (χ0n) is 22.2. The molecule has 1 aliphatic carbocycles. The molecule has 0 radical (unpaired) electrons. The van der Waals surface area contributed by atoms with E-state index in [4.69, 9.17) is 4.74 Å². The van der Waals surface area contributed by atoms with Crippen LogP contribution in [0.4, 0.5) is 4.79 Å². The van der Waals surface area contributed by atoms with Crippen LogP contribution in [0.25, 0.3) is 0 Å². The predicted octanol–water partition coefficient (Wildman–Crippen LogP) is 5.07. The molecular weight excluding hydrogens is 486 g/mol. The third-order valence-corrected chi connectivity index (χ3v) is 6.92. The highest BCUT2D eigenvalue weighted by molar-refractivity contribution is 7.98. The van der Waals surface area contributed by atoms with Crippen molar-refractivity contribution in [3.63, 3.8) is 0 Å². The Morgan fingerprint density at radius 1 is 1.03 bits per heavy atom. The van der Waals surface area contributed by atoms with E-state index in [0.717, 1.165) is 30.4 Å². The molecule has 0 bridgehead atoms. The zero-order valence-corrected chi connectivity index (χ0v) is 23.1. The number of benzene rings is 2. The van der Waals surface area contributed by atoms with Gasteiger partial charge in [0.25, 0.3) is 0 Å². The molecule has 2 N–H and O–H groups in total. The van der Waals surface area contributed by atoms with Gasteiger partial charge in [0.2, 0.25) is 11.8 Å². The molecule has 3 rings (SSSR count). The first-order valence-corrected chi connectivity index (χ1v) is 14.3. The van der Waals surface area contributed by atoms with Crippen LogP contribution in [0, 0.1) is 0 Å². The topological polar surface area (TPSA) is 87.7 Å². The van der Waals surface area contributed by atoms with Crippen molar-refractivity contribution < 1.29 is 19.1 Å². The summed E-state index contributed by atoms with van der Waals surface area (Å²) in [6.45, 7) is 5.72. The Kier molecular flexibility index (Phi) is 10.4. The number of alkyl carbamates (subject to hydrolysis) is 1. The van der Waals surface area contributed by atoms with Gasteiger partial charge in [-0.3, -0.25) is 9.59 Å². The summed E-state index contributed by atoms with van der Waals surface area (Å²) < 4.78 is 5.45. The maximum absolute atomic E-state index is 14.1. The summed E-state index contributed by atoms with van der Waals surface area (Å²) in [5.74, 6) is 0.186. The van der Waals surface area contributed by atoms with E-state index in [9.17, 15) is 14.4 Å². The number of ether oxygens (including phenoxy) is 1. The Balaban J connectivity index is 1.91. The third-order valence-electron chi connectivity index (χ3n) is 6.27. The van der Waals surface area contributed by atoms with E-state index in [2.05, 4.69) is 10.6 Å².